The molecule has 1 aliphatic heterocycles. The largest absolute Gasteiger partial charge is 0.487 e. The second-order valence-electron chi connectivity index (χ2n) is 10.2. The molecule has 2 heterocycles. The number of ether oxygens (including phenoxy) is 2. The first-order valence-corrected chi connectivity index (χ1v) is 16.6. The van der Waals surface area contributed by atoms with Crippen molar-refractivity contribution in [2.75, 3.05) is 6.61 Å². The van der Waals surface area contributed by atoms with Crippen molar-refractivity contribution in [3.05, 3.63) is 127 Å². The van der Waals surface area contributed by atoms with Crippen molar-refractivity contribution in [3.63, 3.8) is 0 Å². The summed E-state index contributed by atoms with van der Waals surface area (Å²) >= 11 is 5.87. The van der Waals surface area contributed by atoms with Crippen molar-refractivity contribution in [1.82, 2.24) is 4.57 Å². The summed E-state index contributed by atoms with van der Waals surface area (Å²) in [6, 6.07) is 21.5. The molecule has 0 aliphatic carbocycles. The number of carbonyl (C=O) groups is 1. The zero-order valence-corrected chi connectivity index (χ0v) is 28.8. The second kappa shape index (κ2) is 13.3. The van der Waals surface area contributed by atoms with E-state index in [2.05, 4.69) is 71.2 Å². The van der Waals surface area contributed by atoms with Crippen LogP contribution in [0.15, 0.2) is 87.8 Å². The Kier molecular flexibility index (Phi) is 9.68. The van der Waals surface area contributed by atoms with Crippen molar-refractivity contribution >= 4 is 68.6 Å². The van der Waals surface area contributed by atoms with Crippen LogP contribution in [0.2, 0.25) is 0 Å². The summed E-state index contributed by atoms with van der Waals surface area (Å²) in [7, 11) is 0. The van der Waals surface area contributed by atoms with Crippen molar-refractivity contribution in [2.45, 2.75) is 46.3 Å². The van der Waals surface area contributed by atoms with Gasteiger partial charge in [0.15, 0.2) is 4.80 Å². The number of halogens is 2. The summed E-state index contributed by atoms with van der Waals surface area (Å²) in [6.45, 7) is 8.56. The lowest BCUT2D eigenvalue weighted by Gasteiger charge is -2.25. The number of esters is 1. The first-order valence-electron chi connectivity index (χ1n) is 13.6. The molecule has 0 fully saturated rings. The lowest BCUT2D eigenvalue weighted by molar-refractivity contribution is -0.139. The number of benzene rings is 3. The standard InChI is InChI=1S/C33H30I2N2O4S/c1-5-40-32(39)28-20(4)36-33-37(29(28)24-13-11-23(12-14-24)19(2)3)31(38)27(42-33)17-22-15-25(34)30(26(35)16-22)41-18-21-9-7-6-8-10-21/h6-17,19,29H,5,18H2,1-4H3/b27-17-/t29-/m1/s1. The predicted molar refractivity (Wildman–Crippen MR) is 184 cm³/mol. The first kappa shape index (κ1) is 30.7. The maximum absolute atomic E-state index is 14.0. The number of hydrogen-bond acceptors (Lipinski definition) is 6. The molecule has 0 bridgehead atoms. The Morgan fingerprint density at radius 3 is 2.36 bits per heavy atom. The first-order chi connectivity index (χ1) is 20.2. The van der Waals surface area contributed by atoms with Crippen LogP contribution in [0, 0.1) is 7.14 Å². The molecule has 1 aliphatic rings. The average molecular weight is 804 g/mol. The molecule has 0 spiro atoms. The maximum Gasteiger partial charge on any atom is 0.338 e. The number of rotatable bonds is 8. The number of allylic oxidation sites excluding steroid dienone is 1. The van der Waals surface area contributed by atoms with Gasteiger partial charge in [0.05, 0.1) is 35.6 Å². The molecule has 6 nitrogen and oxygen atoms in total. The summed E-state index contributed by atoms with van der Waals surface area (Å²) < 4.78 is 15.6. The van der Waals surface area contributed by atoms with Gasteiger partial charge >= 0.3 is 5.97 Å². The minimum atomic E-state index is -0.627. The van der Waals surface area contributed by atoms with Crippen LogP contribution in [0.5, 0.6) is 5.75 Å². The minimum absolute atomic E-state index is 0.194. The summed E-state index contributed by atoms with van der Waals surface area (Å²) in [6.07, 6.45) is 1.89. The molecule has 0 unspecified atom stereocenters. The highest BCUT2D eigenvalue weighted by Gasteiger charge is 2.33. The summed E-state index contributed by atoms with van der Waals surface area (Å²) in [5, 5.41) is 0. The third-order valence-corrected chi connectivity index (χ3v) is 9.57. The topological polar surface area (TPSA) is 69.9 Å². The molecule has 1 aromatic heterocycles. The molecule has 0 N–H and O–H groups in total. The van der Waals surface area contributed by atoms with Crippen molar-refractivity contribution in [1.29, 1.82) is 0 Å². The number of aromatic nitrogens is 1. The normalized spacial score (nSPS) is 15.0. The summed E-state index contributed by atoms with van der Waals surface area (Å²) in [5.41, 5.74) is 4.76. The molecule has 0 radical (unpaired) electrons. The molecule has 1 atom stereocenters. The molecule has 9 heteroatoms. The van der Waals surface area contributed by atoms with E-state index in [9.17, 15) is 9.59 Å². The van der Waals surface area contributed by atoms with Gasteiger partial charge in [-0.1, -0.05) is 79.8 Å². The summed E-state index contributed by atoms with van der Waals surface area (Å²) in [5.74, 6) is 0.725. The van der Waals surface area contributed by atoms with Gasteiger partial charge in [-0.2, -0.15) is 0 Å². The number of hydrogen-bond donors (Lipinski definition) is 0. The molecule has 5 rings (SSSR count). The number of carbonyl (C=O) groups excluding carboxylic acids is 1. The van der Waals surface area contributed by atoms with Gasteiger partial charge in [-0.05, 0) is 105 Å². The Balaban J connectivity index is 1.57. The van der Waals surface area contributed by atoms with E-state index in [-0.39, 0.29) is 12.2 Å². The Morgan fingerprint density at radius 2 is 1.74 bits per heavy atom. The maximum atomic E-state index is 14.0. The van der Waals surface area contributed by atoms with Gasteiger partial charge in [0.2, 0.25) is 0 Å². The zero-order chi connectivity index (χ0) is 30.0. The monoisotopic (exact) mass is 804 g/mol. The van der Waals surface area contributed by atoms with E-state index in [0.717, 1.165) is 29.6 Å². The van der Waals surface area contributed by atoms with Gasteiger partial charge in [-0.15, -0.1) is 0 Å². The number of fused-ring (bicyclic) bond motifs is 1. The van der Waals surface area contributed by atoms with E-state index in [1.54, 1.807) is 18.4 Å². The van der Waals surface area contributed by atoms with Gasteiger partial charge in [0.25, 0.3) is 5.56 Å². The fourth-order valence-electron chi connectivity index (χ4n) is 4.85. The predicted octanol–water partition coefficient (Wildman–Crippen LogP) is 6.71. The van der Waals surface area contributed by atoms with Gasteiger partial charge < -0.3 is 9.47 Å². The van der Waals surface area contributed by atoms with Crippen molar-refractivity contribution in [3.8, 4) is 5.75 Å². The Morgan fingerprint density at radius 1 is 1.07 bits per heavy atom. The molecule has 4 aromatic rings. The molecule has 42 heavy (non-hydrogen) atoms. The van der Waals surface area contributed by atoms with Crippen LogP contribution in [-0.4, -0.2) is 17.1 Å². The Bertz CT molecular complexity index is 1820. The second-order valence-corrected chi connectivity index (χ2v) is 13.5. The highest BCUT2D eigenvalue weighted by atomic mass is 127. The van der Waals surface area contributed by atoms with E-state index in [1.165, 1.54) is 16.9 Å². The molecular formula is C33H30I2N2O4S. The van der Waals surface area contributed by atoms with Crippen LogP contribution < -0.4 is 19.6 Å². The van der Waals surface area contributed by atoms with Gasteiger partial charge in [0, 0.05) is 0 Å². The quantitative estimate of drug-likeness (QED) is 0.147. The van der Waals surface area contributed by atoms with Crippen molar-refractivity contribution in [2.24, 2.45) is 4.99 Å². The molecule has 0 saturated heterocycles. The van der Waals surface area contributed by atoms with Crippen LogP contribution in [0.4, 0.5) is 0 Å². The van der Waals surface area contributed by atoms with Gasteiger partial charge in [-0.25, -0.2) is 9.79 Å². The van der Waals surface area contributed by atoms with E-state index in [0.29, 0.717) is 33.1 Å². The molecule has 0 amide bonds. The highest BCUT2D eigenvalue weighted by Crippen LogP contribution is 2.32. The van der Waals surface area contributed by atoms with E-state index in [4.69, 9.17) is 14.5 Å². The Hall–Kier alpha value is -2.77. The lowest BCUT2D eigenvalue weighted by atomic mass is 9.93. The van der Waals surface area contributed by atoms with Gasteiger partial charge in [0.1, 0.15) is 12.4 Å². The van der Waals surface area contributed by atoms with E-state index in [1.807, 2.05) is 60.7 Å². The third kappa shape index (κ3) is 6.42. The SMILES string of the molecule is CCOC(=O)C1=C(C)N=c2s/c(=C\c3cc(I)c(OCc4ccccc4)c(I)c3)c(=O)n2[C@@H]1c1ccc(C(C)C)cc1. The van der Waals surface area contributed by atoms with Crippen LogP contribution in [-0.2, 0) is 16.1 Å². The lowest BCUT2D eigenvalue weighted by Crippen LogP contribution is -2.39. The van der Waals surface area contributed by atoms with Gasteiger partial charge in [-0.3, -0.25) is 9.36 Å². The fourth-order valence-corrected chi connectivity index (χ4v) is 8.03. The Labute approximate surface area is 276 Å². The van der Waals surface area contributed by atoms with Crippen LogP contribution in [0.1, 0.15) is 61.9 Å². The van der Waals surface area contributed by atoms with Crippen molar-refractivity contribution < 1.29 is 14.3 Å². The summed E-state index contributed by atoms with van der Waals surface area (Å²) in [4.78, 5) is 32.4. The molecule has 216 valence electrons. The molecular weight excluding hydrogens is 774 g/mol. The number of nitrogens with zero attached hydrogens (tertiary/aromatic N) is 2. The van der Waals surface area contributed by atoms with E-state index >= 15 is 0 Å². The van der Waals surface area contributed by atoms with Crippen LogP contribution in [0.25, 0.3) is 6.08 Å². The van der Waals surface area contributed by atoms with Crippen LogP contribution >= 0.6 is 56.5 Å². The minimum Gasteiger partial charge on any atom is -0.487 e. The van der Waals surface area contributed by atoms with Crippen LogP contribution in [0.3, 0.4) is 0 Å². The highest BCUT2D eigenvalue weighted by molar-refractivity contribution is 14.1. The molecule has 3 aromatic carbocycles. The molecule has 0 saturated carbocycles. The number of thiazole rings is 1. The van der Waals surface area contributed by atoms with E-state index < -0.39 is 12.0 Å². The third-order valence-electron chi connectivity index (χ3n) is 6.98. The zero-order valence-electron chi connectivity index (χ0n) is 23.7. The average Bonchev–Trinajstić information content (AvgIpc) is 3.26. The fraction of sp³-hybridized carbons (Fsp3) is 0.242. The smallest absolute Gasteiger partial charge is 0.338 e.